The van der Waals surface area contributed by atoms with Gasteiger partial charge in [0.15, 0.2) is 5.11 Å². The van der Waals surface area contributed by atoms with Crippen LogP contribution in [0, 0.1) is 5.82 Å². The Morgan fingerprint density at radius 1 is 1.32 bits per heavy atom. The van der Waals surface area contributed by atoms with Crippen LogP contribution in [0.4, 0.5) is 10.1 Å². The number of halogens is 4. The first-order chi connectivity index (χ1) is 8.82. The third-order valence-electron chi connectivity index (χ3n) is 1.94. The summed E-state index contributed by atoms with van der Waals surface area (Å²) in [6.07, 6.45) is -0.629. The van der Waals surface area contributed by atoms with Crippen LogP contribution in [-0.4, -0.2) is 21.5 Å². The van der Waals surface area contributed by atoms with Crippen LogP contribution in [0.3, 0.4) is 0 Å². The standard InChI is InChI=1S/C10H9Cl3FN3OS/c11-10(12,13)8(15-5-18)17-9(19)16-7-3-1-6(14)2-4-7/h1-5,8H,(H,15,18)(H2,16,17,19)/t8-/m0/s1. The van der Waals surface area contributed by atoms with E-state index in [0.717, 1.165) is 0 Å². The van der Waals surface area contributed by atoms with Gasteiger partial charge in [0.05, 0.1) is 0 Å². The third kappa shape index (κ3) is 5.78. The maximum Gasteiger partial charge on any atom is 0.228 e. The number of thiocarbonyl (C=S) groups is 1. The van der Waals surface area contributed by atoms with Gasteiger partial charge in [0, 0.05) is 5.69 Å². The number of carbonyl (C=O) groups excluding carboxylic acids is 1. The molecule has 0 radical (unpaired) electrons. The second-order valence-electron chi connectivity index (χ2n) is 3.36. The molecule has 19 heavy (non-hydrogen) atoms. The molecule has 0 unspecified atom stereocenters. The van der Waals surface area contributed by atoms with Gasteiger partial charge < -0.3 is 16.0 Å². The first-order valence-electron chi connectivity index (χ1n) is 4.92. The first kappa shape index (κ1) is 16.2. The zero-order valence-corrected chi connectivity index (χ0v) is 12.4. The Hall–Kier alpha value is -0.820. The predicted molar refractivity (Wildman–Crippen MR) is 79.0 cm³/mol. The van der Waals surface area contributed by atoms with E-state index in [1.54, 1.807) is 0 Å². The van der Waals surface area contributed by atoms with Crippen molar-refractivity contribution in [2.45, 2.75) is 9.96 Å². The van der Waals surface area contributed by atoms with Crippen LogP contribution in [0.2, 0.25) is 0 Å². The Labute approximate surface area is 129 Å². The van der Waals surface area contributed by atoms with E-state index in [-0.39, 0.29) is 10.9 Å². The van der Waals surface area contributed by atoms with Gasteiger partial charge in [-0.3, -0.25) is 4.79 Å². The van der Waals surface area contributed by atoms with E-state index in [1.807, 2.05) is 0 Å². The lowest BCUT2D eigenvalue weighted by Gasteiger charge is -2.26. The smallest absolute Gasteiger partial charge is 0.228 e. The molecule has 0 spiro atoms. The molecule has 0 saturated heterocycles. The average molecular weight is 345 g/mol. The molecular formula is C10H9Cl3FN3OS. The third-order valence-corrected chi connectivity index (χ3v) is 2.81. The summed E-state index contributed by atoms with van der Waals surface area (Å²) in [5, 5.41) is 7.74. The Balaban J connectivity index is 2.62. The molecule has 1 amide bonds. The van der Waals surface area contributed by atoms with Crippen LogP contribution in [0.25, 0.3) is 0 Å². The summed E-state index contributed by atoms with van der Waals surface area (Å²) >= 11 is 21.9. The van der Waals surface area contributed by atoms with Gasteiger partial charge in [0.25, 0.3) is 0 Å². The van der Waals surface area contributed by atoms with Crippen molar-refractivity contribution in [3.8, 4) is 0 Å². The minimum absolute atomic E-state index is 0.109. The SMILES string of the molecule is O=CN[C@@H](NC(=S)Nc1ccc(F)cc1)C(Cl)(Cl)Cl. The van der Waals surface area contributed by atoms with Crippen LogP contribution in [0.5, 0.6) is 0 Å². The summed E-state index contributed by atoms with van der Waals surface area (Å²) in [7, 11) is 0. The molecule has 1 aromatic carbocycles. The summed E-state index contributed by atoms with van der Waals surface area (Å²) in [6, 6.07) is 5.50. The van der Waals surface area contributed by atoms with Crippen LogP contribution < -0.4 is 16.0 Å². The highest BCUT2D eigenvalue weighted by Gasteiger charge is 2.32. The summed E-state index contributed by atoms with van der Waals surface area (Å²) in [5.74, 6) is -0.369. The zero-order chi connectivity index (χ0) is 14.5. The Kier molecular flexibility index (Phi) is 6.06. The Bertz CT molecular complexity index is 452. The molecule has 9 heteroatoms. The van der Waals surface area contributed by atoms with Gasteiger partial charge in [0.2, 0.25) is 10.2 Å². The van der Waals surface area contributed by atoms with Gasteiger partial charge in [-0.25, -0.2) is 4.39 Å². The quantitative estimate of drug-likeness (QED) is 0.340. The lowest BCUT2D eigenvalue weighted by atomic mass is 10.3. The van der Waals surface area contributed by atoms with E-state index in [9.17, 15) is 9.18 Å². The number of hydrogen-bond acceptors (Lipinski definition) is 2. The summed E-state index contributed by atoms with van der Waals surface area (Å²) in [4.78, 5) is 10.4. The molecular weight excluding hydrogens is 336 g/mol. The largest absolute Gasteiger partial charge is 0.339 e. The fourth-order valence-electron chi connectivity index (χ4n) is 1.12. The van der Waals surface area contributed by atoms with Gasteiger partial charge >= 0.3 is 0 Å². The molecule has 4 nitrogen and oxygen atoms in total. The molecule has 1 aromatic rings. The normalized spacial score (nSPS) is 12.4. The molecule has 0 aromatic heterocycles. The number of nitrogens with one attached hydrogen (secondary N) is 3. The van der Waals surface area contributed by atoms with Crippen LogP contribution >= 0.6 is 47.0 Å². The van der Waals surface area contributed by atoms with Crippen molar-refractivity contribution in [3.63, 3.8) is 0 Å². The van der Waals surface area contributed by atoms with Crippen LogP contribution in [0.15, 0.2) is 24.3 Å². The van der Waals surface area contributed by atoms with E-state index in [0.29, 0.717) is 12.1 Å². The van der Waals surface area contributed by atoms with Crippen molar-refractivity contribution < 1.29 is 9.18 Å². The minimum atomic E-state index is -1.78. The topological polar surface area (TPSA) is 53.2 Å². The molecule has 0 aliphatic rings. The maximum atomic E-state index is 12.7. The molecule has 0 fully saturated rings. The zero-order valence-electron chi connectivity index (χ0n) is 9.29. The molecule has 1 rings (SSSR count). The van der Waals surface area contributed by atoms with Crippen molar-refractivity contribution in [1.29, 1.82) is 0 Å². The summed E-state index contributed by atoms with van der Waals surface area (Å²) in [6.45, 7) is 0. The molecule has 1 atom stereocenters. The fourth-order valence-corrected chi connectivity index (χ4v) is 1.71. The number of amides is 1. The summed E-state index contributed by atoms with van der Waals surface area (Å²) in [5.41, 5.74) is 0.549. The highest BCUT2D eigenvalue weighted by atomic mass is 35.6. The number of benzene rings is 1. The predicted octanol–water partition coefficient (Wildman–Crippen LogP) is 2.55. The van der Waals surface area contributed by atoms with E-state index in [1.165, 1.54) is 24.3 Å². The fraction of sp³-hybridized carbons (Fsp3) is 0.200. The second kappa shape index (κ2) is 7.09. The average Bonchev–Trinajstić information content (AvgIpc) is 2.30. The van der Waals surface area contributed by atoms with Gasteiger partial charge in [-0.05, 0) is 36.5 Å². The van der Waals surface area contributed by atoms with Crippen molar-refractivity contribution >= 4 is 64.2 Å². The number of alkyl halides is 3. The van der Waals surface area contributed by atoms with Gasteiger partial charge in [-0.1, -0.05) is 34.8 Å². The molecule has 3 N–H and O–H groups in total. The molecule has 0 heterocycles. The van der Waals surface area contributed by atoms with Crippen molar-refractivity contribution in [3.05, 3.63) is 30.1 Å². The molecule has 104 valence electrons. The highest BCUT2D eigenvalue weighted by Crippen LogP contribution is 2.28. The van der Waals surface area contributed by atoms with E-state index >= 15 is 0 Å². The number of rotatable bonds is 4. The number of hydrogen-bond donors (Lipinski definition) is 3. The van der Waals surface area contributed by atoms with E-state index < -0.39 is 9.96 Å². The minimum Gasteiger partial charge on any atom is -0.339 e. The summed E-state index contributed by atoms with van der Waals surface area (Å²) < 4.78 is 10.9. The second-order valence-corrected chi connectivity index (χ2v) is 6.14. The van der Waals surface area contributed by atoms with Gasteiger partial charge in [-0.15, -0.1) is 0 Å². The van der Waals surface area contributed by atoms with Crippen molar-refractivity contribution in [2.24, 2.45) is 0 Å². The molecule has 0 aliphatic heterocycles. The Morgan fingerprint density at radius 3 is 2.37 bits per heavy atom. The lowest BCUT2D eigenvalue weighted by molar-refractivity contribution is -0.110. The maximum absolute atomic E-state index is 12.7. The van der Waals surface area contributed by atoms with E-state index in [4.69, 9.17) is 47.0 Å². The highest BCUT2D eigenvalue weighted by molar-refractivity contribution is 7.80. The Morgan fingerprint density at radius 2 is 1.89 bits per heavy atom. The van der Waals surface area contributed by atoms with Crippen LogP contribution in [0.1, 0.15) is 0 Å². The lowest BCUT2D eigenvalue weighted by Crippen LogP contribution is -2.53. The van der Waals surface area contributed by atoms with Gasteiger partial charge in [-0.2, -0.15) is 0 Å². The van der Waals surface area contributed by atoms with E-state index in [2.05, 4.69) is 16.0 Å². The molecule has 0 aliphatic carbocycles. The first-order valence-corrected chi connectivity index (χ1v) is 6.46. The molecule has 0 bridgehead atoms. The monoisotopic (exact) mass is 343 g/mol. The number of carbonyl (C=O) groups is 1. The van der Waals surface area contributed by atoms with Crippen molar-refractivity contribution in [1.82, 2.24) is 10.6 Å². The van der Waals surface area contributed by atoms with Crippen LogP contribution in [-0.2, 0) is 4.79 Å². The van der Waals surface area contributed by atoms with Crippen molar-refractivity contribution in [2.75, 3.05) is 5.32 Å². The molecule has 0 saturated carbocycles. The van der Waals surface area contributed by atoms with Gasteiger partial charge in [0.1, 0.15) is 12.0 Å². The number of anilines is 1.